The van der Waals surface area contributed by atoms with Crippen LogP contribution in [0.2, 0.25) is 0 Å². The van der Waals surface area contributed by atoms with Crippen molar-refractivity contribution >= 4 is 5.97 Å². The van der Waals surface area contributed by atoms with E-state index in [1.54, 1.807) is 17.9 Å². The molecule has 0 fully saturated rings. The summed E-state index contributed by atoms with van der Waals surface area (Å²) in [7, 11) is 1.80. The summed E-state index contributed by atoms with van der Waals surface area (Å²) in [5.74, 6) is -1.06. The SMILES string of the molecule is CC1Cc2c(cnn2C)C1(N)C(=O)O. The lowest BCUT2D eigenvalue weighted by Crippen LogP contribution is -2.47. The first-order valence-corrected chi connectivity index (χ1v) is 4.51. The van der Waals surface area contributed by atoms with Crippen molar-refractivity contribution in [2.24, 2.45) is 18.7 Å². The highest BCUT2D eigenvalue weighted by atomic mass is 16.4. The summed E-state index contributed by atoms with van der Waals surface area (Å²) in [5, 5.41) is 13.2. The molecule has 0 aliphatic heterocycles. The number of nitrogens with zero attached hydrogens (tertiary/aromatic N) is 2. The van der Waals surface area contributed by atoms with Crippen molar-refractivity contribution in [3.8, 4) is 0 Å². The Balaban J connectivity index is 2.60. The number of aryl methyl sites for hydroxylation is 1. The second-order valence-corrected chi connectivity index (χ2v) is 3.91. The lowest BCUT2D eigenvalue weighted by molar-refractivity contribution is -0.145. The van der Waals surface area contributed by atoms with Crippen molar-refractivity contribution in [1.29, 1.82) is 0 Å². The first-order chi connectivity index (χ1) is 6.48. The average Bonchev–Trinajstić information content (AvgIpc) is 2.57. The molecule has 0 aromatic carbocycles. The zero-order chi connectivity index (χ0) is 10.5. The molecule has 0 saturated heterocycles. The summed E-state index contributed by atoms with van der Waals surface area (Å²) in [6.45, 7) is 1.86. The Morgan fingerprint density at radius 1 is 1.86 bits per heavy atom. The Morgan fingerprint density at radius 3 is 3.07 bits per heavy atom. The van der Waals surface area contributed by atoms with Gasteiger partial charge in [0.1, 0.15) is 5.54 Å². The smallest absolute Gasteiger partial charge is 0.328 e. The Hall–Kier alpha value is -1.36. The van der Waals surface area contributed by atoms with Crippen molar-refractivity contribution in [3.63, 3.8) is 0 Å². The van der Waals surface area contributed by atoms with E-state index in [9.17, 15) is 4.79 Å². The third-order valence-electron chi connectivity index (χ3n) is 3.14. The number of fused-ring (bicyclic) bond motifs is 1. The van der Waals surface area contributed by atoms with Crippen LogP contribution in [0.4, 0.5) is 0 Å². The van der Waals surface area contributed by atoms with Crippen LogP contribution < -0.4 is 5.73 Å². The summed E-state index contributed by atoms with van der Waals surface area (Å²) in [6.07, 6.45) is 2.24. The van der Waals surface area contributed by atoms with Crippen molar-refractivity contribution < 1.29 is 9.90 Å². The van der Waals surface area contributed by atoms with E-state index in [4.69, 9.17) is 10.8 Å². The van der Waals surface area contributed by atoms with Gasteiger partial charge in [0.25, 0.3) is 0 Å². The molecule has 0 saturated carbocycles. The number of aromatic nitrogens is 2. The molecule has 76 valence electrons. The fraction of sp³-hybridized carbons (Fsp3) is 0.556. The van der Waals surface area contributed by atoms with Crippen molar-refractivity contribution in [3.05, 3.63) is 17.5 Å². The first-order valence-electron chi connectivity index (χ1n) is 4.51. The third-order valence-corrected chi connectivity index (χ3v) is 3.14. The normalized spacial score (nSPS) is 30.4. The number of nitrogens with two attached hydrogens (primary N) is 1. The maximum atomic E-state index is 11.1. The van der Waals surface area contributed by atoms with Gasteiger partial charge in [0.2, 0.25) is 0 Å². The molecule has 1 heterocycles. The van der Waals surface area contributed by atoms with E-state index in [1.165, 1.54) is 0 Å². The Bertz CT molecular complexity index is 399. The van der Waals surface area contributed by atoms with Crippen LogP contribution in [0.5, 0.6) is 0 Å². The number of aliphatic carboxylic acids is 1. The topological polar surface area (TPSA) is 81.1 Å². The lowest BCUT2D eigenvalue weighted by Gasteiger charge is -2.23. The Labute approximate surface area is 81.5 Å². The minimum Gasteiger partial charge on any atom is -0.480 e. The predicted octanol–water partition coefficient (Wildman–Crippen LogP) is -0.149. The van der Waals surface area contributed by atoms with Gasteiger partial charge >= 0.3 is 5.97 Å². The van der Waals surface area contributed by atoms with E-state index in [0.29, 0.717) is 12.0 Å². The van der Waals surface area contributed by atoms with E-state index >= 15 is 0 Å². The largest absolute Gasteiger partial charge is 0.480 e. The summed E-state index contributed by atoms with van der Waals surface area (Å²) in [4.78, 5) is 11.1. The highest BCUT2D eigenvalue weighted by molar-refractivity contribution is 5.82. The molecule has 5 heteroatoms. The molecular formula is C9H13N3O2. The summed E-state index contributed by atoms with van der Waals surface area (Å²) in [6, 6.07) is 0. The van der Waals surface area contributed by atoms with E-state index < -0.39 is 11.5 Å². The minimum absolute atomic E-state index is 0.0841. The highest BCUT2D eigenvalue weighted by Crippen LogP contribution is 2.39. The van der Waals surface area contributed by atoms with E-state index in [-0.39, 0.29) is 5.92 Å². The van der Waals surface area contributed by atoms with Crippen LogP contribution in [0.1, 0.15) is 18.2 Å². The molecule has 2 rings (SSSR count). The molecule has 0 amide bonds. The fourth-order valence-electron chi connectivity index (χ4n) is 2.09. The zero-order valence-electron chi connectivity index (χ0n) is 8.19. The number of carboxylic acids is 1. The predicted molar refractivity (Wildman–Crippen MR) is 49.6 cm³/mol. The standard InChI is InChI=1S/C9H13N3O2/c1-5-3-7-6(4-11-12(7)2)9(5,10)8(13)14/h4-5H,3,10H2,1-2H3,(H,13,14). The second-order valence-electron chi connectivity index (χ2n) is 3.91. The second kappa shape index (κ2) is 2.57. The van der Waals surface area contributed by atoms with Crippen LogP contribution in [0.25, 0.3) is 0 Å². The molecule has 1 aromatic heterocycles. The van der Waals surface area contributed by atoms with Crippen molar-refractivity contribution in [1.82, 2.24) is 9.78 Å². The van der Waals surface area contributed by atoms with Gasteiger partial charge in [-0.15, -0.1) is 0 Å². The van der Waals surface area contributed by atoms with Gasteiger partial charge in [0, 0.05) is 18.3 Å². The van der Waals surface area contributed by atoms with Crippen LogP contribution in [-0.4, -0.2) is 20.9 Å². The zero-order valence-corrected chi connectivity index (χ0v) is 8.19. The number of carboxylic acid groups (broad SMARTS) is 1. The van der Waals surface area contributed by atoms with Gasteiger partial charge in [-0.05, 0) is 12.3 Å². The quantitative estimate of drug-likeness (QED) is 0.653. The molecule has 0 bridgehead atoms. The lowest BCUT2D eigenvalue weighted by atomic mass is 9.87. The van der Waals surface area contributed by atoms with Gasteiger partial charge in [-0.3, -0.25) is 4.68 Å². The molecular weight excluding hydrogens is 182 g/mol. The summed E-state index contributed by atoms with van der Waals surface area (Å²) in [5.41, 5.74) is 6.24. The molecule has 0 spiro atoms. The van der Waals surface area contributed by atoms with Crippen LogP contribution in [0, 0.1) is 5.92 Å². The number of hydrogen-bond acceptors (Lipinski definition) is 3. The van der Waals surface area contributed by atoms with Gasteiger partial charge in [0.05, 0.1) is 6.20 Å². The number of carbonyl (C=O) groups is 1. The minimum atomic E-state index is -1.26. The highest BCUT2D eigenvalue weighted by Gasteiger charge is 2.49. The number of hydrogen-bond donors (Lipinski definition) is 2. The fourth-order valence-corrected chi connectivity index (χ4v) is 2.09. The number of rotatable bonds is 1. The van der Waals surface area contributed by atoms with E-state index in [0.717, 1.165) is 5.69 Å². The molecule has 1 aliphatic carbocycles. The van der Waals surface area contributed by atoms with E-state index in [2.05, 4.69) is 5.10 Å². The molecule has 5 nitrogen and oxygen atoms in total. The van der Waals surface area contributed by atoms with Crippen molar-refractivity contribution in [2.75, 3.05) is 0 Å². The van der Waals surface area contributed by atoms with Crippen LogP contribution in [-0.2, 0) is 23.8 Å². The van der Waals surface area contributed by atoms with Gasteiger partial charge in [0.15, 0.2) is 0 Å². The van der Waals surface area contributed by atoms with Crippen LogP contribution in [0.15, 0.2) is 6.20 Å². The molecule has 2 atom stereocenters. The van der Waals surface area contributed by atoms with Crippen molar-refractivity contribution in [2.45, 2.75) is 18.9 Å². The maximum absolute atomic E-state index is 11.1. The van der Waals surface area contributed by atoms with Gasteiger partial charge < -0.3 is 10.8 Å². The molecule has 1 aromatic rings. The van der Waals surface area contributed by atoms with Crippen LogP contribution in [0.3, 0.4) is 0 Å². The van der Waals surface area contributed by atoms with Gasteiger partial charge in [-0.25, -0.2) is 4.79 Å². The molecule has 14 heavy (non-hydrogen) atoms. The third kappa shape index (κ3) is 0.874. The van der Waals surface area contributed by atoms with Gasteiger partial charge in [-0.1, -0.05) is 6.92 Å². The molecule has 3 N–H and O–H groups in total. The summed E-state index contributed by atoms with van der Waals surface area (Å²) < 4.78 is 1.70. The monoisotopic (exact) mass is 195 g/mol. The van der Waals surface area contributed by atoms with Gasteiger partial charge in [-0.2, -0.15) is 5.10 Å². The molecule has 0 radical (unpaired) electrons. The Kier molecular flexibility index (Phi) is 1.69. The maximum Gasteiger partial charge on any atom is 0.328 e. The summed E-state index contributed by atoms with van der Waals surface area (Å²) >= 11 is 0. The average molecular weight is 195 g/mol. The van der Waals surface area contributed by atoms with E-state index in [1.807, 2.05) is 6.92 Å². The first kappa shape index (κ1) is 9.21. The Morgan fingerprint density at radius 2 is 2.50 bits per heavy atom. The molecule has 1 aliphatic rings. The molecule has 2 unspecified atom stereocenters. The van der Waals surface area contributed by atoms with Crippen LogP contribution >= 0.6 is 0 Å².